The van der Waals surface area contributed by atoms with Gasteiger partial charge in [-0.2, -0.15) is 0 Å². The number of carbonyl (C=O) groups is 3. The molecule has 10 nitrogen and oxygen atoms in total. The third-order valence-electron chi connectivity index (χ3n) is 7.42. The largest absolute Gasteiger partial charge is 0.493 e. The number of esters is 1. The van der Waals surface area contributed by atoms with Crippen molar-refractivity contribution in [1.82, 2.24) is 20.1 Å². The predicted molar refractivity (Wildman–Crippen MR) is 159 cm³/mol. The zero-order chi connectivity index (χ0) is 29.8. The Morgan fingerprint density at radius 2 is 1.79 bits per heavy atom. The first-order chi connectivity index (χ1) is 20.3. The molecular formula is C30H33ClN4O6S. The van der Waals surface area contributed by atoms with Gasteiger partial charge in [0.15, 0.2) is 23.1 Å². The van der Waals surface area contributed by atoms with Gasteiger partial charge in [-0.3, -0.25) is 19.0 Å². The third kappa shape index (κ3) is 6.42. The number of Topliss-reactive ketones (excluding diaryl/α,β-unsaturated/α-hetero) is 1. The molecule has 0 saturated heterocycles. The number of aromatic nitrogens is 3. The highest BCUT2D eigenvalue weighted by molar-refractivity contribution is 8.00. The number of nitrogens with one attached hydrogen (secondary N) is 1. The summed E-state index contributed by atoms with van der Waals surface area (Å²) in [5, 5.41) is 12.1. The Labute approximate surface area is 253 Å². The first kappa shape index (κ1) is 29.9. The van der Waals surface area contributed by atoms with E-state index in [2.05, 4.69) is 24.8 Å². The van der Waals surface area contributed by atoms with Crippen LogP contribution in [0.3, 0.4) is 0 Å². The van der Waals surface area contributed by atoms with Crippen LogP contribution in [0.2, 0.25) is 5.02 Å². The van der Waals surface area contributed by atoms with Gasteiger partial charge < -0.3 is 19.5 Å². The second-order valence-corrected chi connectivity index (χ2v) is 12.0. The van der Waals surface area contributed by atoms with Gasteiger partial charge in [-0.05, 0) is 49.1 Å². The number of amides is 1. The molecule has 2 unspecified atom stereocenters. The van der Waals surface area contributed by atoms with E-state index in [1.54, 1.807) is 26.0 Å². The molecule has 1 saturated carbocycles. The zero-order valence-electron chi connectivity index (χ0n) is 23.7. The van der Waals surface area contributed by atoms with Crippen LogP contribution in [0.25, 0.3) is 5.69 Å². The highest BCUT2D eigenvalue weighted by Crippen LogP contribution is 2.55. The van der Waals surface area contributed by atoms with E-state index in [0.717, 1.165) is 41.3 Å². The highest BCUT2D eigenvalue weighted by atomic mass is 35.5. The van der Waals surface area contributed by atoms with Crippen molar-refractivity contribution in [3.63, 3.8) is 0 Å². The molecule has 1 fully saturated rings. The van der Waals surface area contributed by atoms with Crippen molar-refractivity contribution in [1.29, 1.82) is 0 Å². The minimum atomic E-state index is -0.459. The molecule has 0 bridgehead atoms. The summed E-state index contributed by atoms with van der Waals surface area (Å²) >= 11 is 8.22. The quantitative estimate of drug-likeness (QED) is 0.278. The van der Waals surface area contributed by atoms with Crippen LogP contribution in [0.1, 0.15) is 77.7 Å². The maximum Gasteiger partial charge on any atom is 0.305 e. The van der Waals surface area contributed by atoms with Crippen LogP contribution >= 0.6 is 23.4 Å². The average molecular weight is 613 g/mol. The molecule has 0 spiro atoms. The predicted octanol–water partition coefficient (Wildman–Crippen LogP) is 5.11. The van der Waals surface area contributed by atoms with Crippen LogP contribution in [0.4, 0.5) is 0 Å². The molecule has 1 aliphatic carbocycles. The minimum Gasteiger partial charge on any atom is -0.493 e. The van der Waals surface area contributed by atoms with Gasteiger partial charge >= 0.3 is 5.97 Å². The Morgan fingerprint density at radius 3 is 2.50 bits per heavy atom. The smallest absolute Gasteiger partial charge is 0.305 e. The highest BCUT2D eigenvalue weighted by Gasteiger charge is 2.38. The molecule has 2 aromatic carbocycles. The van der Waals surface area contributed by atoms with Crippen LogP contribution in [-0.4, -0.2) is 60.3 Å². The van der Waals surface area contributed by atoms with Crippen molar-refractivity contribution >= 4 is 41.0 Å². The number of methoxy groups -OCH3 is 3. The van der Waals surface area contributed by atoms with Crippen LogP contribution in [0.15, 0.2) is 36.4 Å². The molecule has 12 heteroatoms. The van der Waals surface area contributed by atoms with Crippen molar-refractivity contribution in [2.75, 3.05) is 27.9 Å². The summed E-state index contributed by atoms with van der Waals surface area (Å²) in [5.74, 6) is 2.33. The van der Waals surface area contributed by atoms with Crippen molar-refractivity contribution in [3.8, 4) is 17.2 Å². The second kappa shape index (κ2) is 13.2. The number of benzene rings is 2. The normalized spacial score (nSPS) is 17.4. The van der Waals surface area contributed by atoms with Gasteiger partial charge in [0.1, 0.15) is 5.82 Å². The molecule has 3 aromatic rings. The number of ketones is 1. The number of hydrogen-bond donors (Lipinski definition) is 1. The summed E-state index contributed by atoms with van der Waals surface area (Å²) in [6.45, 7) is -0.136. The van der Waals surface area contributed by atoms with Crippen LogP contribution in [0, 0.1) is 0 Å². The number of para-hydroxylation sites is 1. The van der Waals surface area contributed by atoms with Crippen molar-refractivity contribution in [2.24, 2.45) is 0 Å². The van der Waals surface area contributed by atoms with E-state index in [4.69, 9.17) is 21.1 Å². The molecule has 2 heterocycles. The summed E-state index contributed by atoms with van der Waals surface area (Å²) in [5.41, 5.74) is 2.86. The summed E-state index contributed by atoms with van der Waals surface area (Å²) in [6.07, 6.45) is 2.75. The van der Waals surface area contributed by atoms with Crippen LogP contribution in [0.5, 0.6) is 11.5 Å². The van der Waals surface area contributed by atoms with Crippen molar-refractivity contribution in [3.05, 3.63) is 64.2 Å². The van der Waals surface area contributed by atoms with E-state index in [-0.39, 0.29) is 48.0 Å². The van der Waals surface area contributed by atoms with Crippen molar-refractivity contribution < 1.29 is 28.6 Å². The van der Waals surface area contributed by atoms with Gasteiger partial charge in [0.2, 0.25) is 5.91 Å². The summed E-state index contributed by atoms with van der Waals surface area (Å²) in [7, 11) is 4.50. The fourth-order valence-corrected chi connectivity index (χ4v) is 6.85. The van der Waals surface area contributed by atoms with E-state index in [1.807, 2.05) is 36.4 Å². The fraction of sp³-hybridized carbons (Fsp3) is 0.433. The van der Waals surface area contributed by atoms with Crippen molar-refractivity contribution in [2.45, 2.75) is 54.9 Å². The van der Waals surface area contributed by atoms with Gasteiger partial charge in [0.05, 0.1) is 50.5 Å². The lowest BCUT2D eigenvalue weighted by Gasteiger charge is -2.24. The van der Waals surface area contributed by atoms with E-state index in [9.17, 15) is 14.4 Å². The lowest BCUT2D eigenvalue weighted by molar-refractivity contribution is -0.141. The lowest BCUT2D eigenvalue weighted by atomic mass is 10.0. The molecule has 2 aliphatic rings. The molecule has 0 radical (unpaired) electrons. The summed E-state index contributed by atoms with van der Waals surface area (Å²) in [4.78, 5) is 36.3. The third-order valence-corrected chi connectivity index (χ3v) is 9.21. The Hall–Kier alpha value is -3.57. The standard InChI is InChI=1S/C30H33ClN4O6S/c1-39-23-6-4-5-20(27(23)41-3)28-21-15-18(31)9-11-22(21)35-29(17-7-8-17)33-34-30(35)24(42-28)12-13-25(37)32-16-19(36)10-14-26(38)40-2/h4-6,9,11,15,17,24,28H,7-8,10,12-14,16H2,1-3H3,(H,32,37). The number of carbonyl (C=O) groups excluding carboxylic acids is 3. The maximum atomic E-state index is 12.8. The number of halogens is 1. The van der Waals surface area contributed by atoms with Gasteiger partial charge in [0.25, 0.3) is 0 Å². The number of hydrogen-bond acceptors (Lipinski definition) is 9. The minimum absolute atomic E-state index is 0.0113. The molecule has 1 N–H and O–H groups in total. The van der Waals surface area contributed by atoms with Gasteiger partial charge in [-0.1, -0.05) is 23.7 Å². The van der Waals surface area contributed by atoms with Crippen LogP contribution in [-0.2, 0) is 19.1 Å². The van der Waals surface area contributed by atoms with E-state index in [1.165, 1.54) is 7.11 Å². The average Bonchev–Trinajstić information content (AvgIpc) is 3.78. The topological polar surface area (TPSA) is 122 Å². The number of ether oxygens (including phenoxy) is 3. The molecule has 1 amide bonds. The Bertz CT molecular complexity index is 1490. The Morgan fingerprint density at radius 1 is 1.00 bits per heavy atom. The van der Waals surface area contributed by atoms with Gasteiger partial charge in [-0.15, -0.1) is 22.0 Å². The first-order valence-electron chi connectivity index (χ1n) is 13.8. The maximum absolute atomic E-state index is 12.8. The number of nitrogens with zero attached hydrogens (tertiary/aromatic N) is 3. The number of rotatable bonds is 12. The SMILES string of the molecule is COC(=O)CCC(=O)CNC(=O)CCC1SC(c2cccc(OC)c2OC)c2cc(Cl)ccc2-n2c(C3CC3)nnc21. The number of fused-ring (bicyclic) bond motifs is 3. The summed E-state index contributed by atoms with van der Waals surface area (Å²) in [6, 6.07) is 11.7. The lowest BCUT2D eigenvalue weighted by Crippen LogP contribution is -2.29. The number of thioether (sulfide) groups is 1. The summed E-state index contributed by atoms with van der Waals surface area (Å²) < 4.78 is 18.2. The second-order valence-electron chi connectivity index (χ2n) is 10.2. The molecular weight excluding hydrogens is 580 g/mol. The Kier molecular flexibility index (Phi) is 9.37. The zero-order valence-corrected chi connectivity index (χ0v) is 25.3. The van der Waals surface area contributed by atoms with E-state index in [0.29, 0.717) is 28.9 Å². The molecule has 1 aromatic heterocycles. The van der Waals surface area contributed by atoms with Gasteiger partial charge in [-0.25, -0.2) is 0 Å². The molecule has 222 valence electrons. The first-order valence-corrected chi connectivity index (χ1v) is 15.1. The van der Waals surface area contributed by atoms with E-state index >= 15 is 0 Å². The van der Waals surface area contributed by atoms with Crippen LogP contribution < -0.4 is 14.8 Å². The molecule has 1 aliphatic heterocycles. The Balaban J connectivity index is 1.45. The molecule has 5 rings (SSSR count). The monoisotopic (exact) mass is 612 g/mol. The molecule has 42 heavy (non-hydrogen) atoms. The fourth-order valence-electron chi connectivity index (χ4n) is 5.14. The molecule has 2 atom stereocenters. The van der Waals surface area contributed by atoms with E-state index < -0.39 is 5.97 Å². The van der Waals surface area contributed by atoms with Gasteiger partial charge in [0, 0.05) is 29.3 Å².